The predicted octanol–water partition coefficient (Wildman–Crippen LogP) is 5.96. The van der Waals surface area contributed by atoms with Gasteiger partial charge in [-0.05, 0) is 53.5 Å². The Morgan fingerprint density at radius 1 is 1.11 bits per heavy atom. The minimum absolute atomic E-state index is 0.111. The Bertz CT molecular complexity index is 1400. The molecule has 37 heavy (non-hydrogen) atoms. The van der Waals surface area contributed by atoms with E-state index < -0.39 is 0 Å². The number of carbonyl (C=O) groups excluding carboxylic acids is 2. The van der Waals surface area contributed by atoms with Crippen LogP contribution in [0, 0.1) is 0 Å². The van der Waals surface area contributed by atoms with Crippen LogP contribution in [0.3, 0.4) is 0 Å². The lowest BCUT2D eigenvalue weighted by Crippen LogP contribution is -2.27. The van der Waals surface area contributed by atoms with Gasteiger partial charge in [-0.15, -0.1) is 0 Å². The van der Waals surface area contributed by atoms with Gasteiger partial charge in [0.25, 0.3) is 11.8 Å². The summed E-state index contributed by atoms with van der Waals surface area (Å²) in [5.74, 6) is 1.64. The van der Waals surface area contributed by atoms with Crippen LogP contribution in [0.25, 0.3) is 6.08 Å². The van der Waals surface area contributed by atoms with E-state index in [9.17, 15) is 9.59 Å². The Balaban J connectivity index is 1.21. The molecule has 3 aromatic carbocycles. The zero-order valence-electron chi connectivity index (χ0n) is 20.2. The summed E-state index contributed by atoms with van der Waals surface area (Å²) in [5.41, 5.74) is 3.31. The topological polar surface area (TPSA) is 77.1 Å². The fraction of sp³-hybridized carbons (Fsp3) is 0.179. The molecule has 7 nitrogen and oxygen atoms in total. The summed E-state index contributed by atoms with van der Waals surface area (Å²) >= 11 is 6.71. The van der Waals surface area contributed by atoms with Crippen molar-refractivity contribution in [1.29, 1.82) is 0 Å². The van der Waals surface area contributed by atoms with Crippen molar-refractivity contribution in [1.82, 2.24) is 0 Å². The lowest BCUT2D eigenvalue weighted by atomic mass is 10.0. The summed E-state index contributed by atoms with van der Waals surface area (Å²) in [4.78, 5) is 27.5. The second-order valence-corrected chi connectivity index (χ2v) is 10.4. The fourth-order valence-corrected chi connectivity index (χ4v) is 5.27. The number of rotatable bonds is 7. The van der Waals surface area contributed by atoms with Gasteiger partial charge in [-0.3, -0.25) is 14.5 Å². The average Bonchev–Trinajstić information content (AvgIpc) is 3.46. The maximum Gasteiger partial charge on any atom is 0.270 e. The van der Waals surface area contributed by atoms with Crippen LogP contribution in [0.1, 0.15) is 30.9 Å². The molecule has 1 saturated heterocycles. The monoisotopic (exact) mass is 532 g/mol. The van der Waals surface area contributed by atoms with Crippen LogP contribution in [-0.2, 0) is 9.59 Å². The quantitative estimate of drug-likeness (QED) is 0.297. The molecule has 0 spiro atoms. The van der Waals surface area contributed by atoms with E-state index in [1.807, 2.05) is 36.4 Å². The Kier molecular flexibility index (Phi) is 7.16. The highest BCUT2D eigenvalue weighted by Gasteiger charge is 2.34. The molecule has 0 saturated carbocycles. The van der Waals surface area contributed by atoms with Gasteiger partial charge in [0.1, 0.15) is 5.75 Å². The SMILES string of the molecule is CC(C)c1ccccc1NC(=O)COc1ccc(/C=C2/SC(=S)N(c3ccc4c(c3)OCO4)C2=O)cc1. The molecule has 9 heteroatoms. The van der Waals surface area contributed by atoms with E-state index in [4.69, 9.17) is 26.4 Å². The summed E-state index contributed by atoms with van der Waals surface area (Å²) < 4.78 is 16.9. The molecule has 2 aliphatic rings. The molecule has 0 aliphatic carbocycles. The first kappa shape index (κ1) is 24.9. The highest BCUT2D eigenvalue weighted by molar-refractivity contribution is 8.27. The molecule has 1 N–H and O–H groups in total. The third-order valence-electron chi connectivity index (χ3n) is 5.81. The van der Waals surface area contributed by atoms with Gasteiger partial charge in [-0.25, -0.2) is 0 Å². The smallest absolute Gasteiger partial charge is 0.270 e. The number of benzene rings is 3. The maximum absolute atomic E-state index is 13.1. The van der Waals surface area contributed by atoms with Crippen molar-refractivity contribution in [2.45, 2.75) is 19.8 Å². The van der Waals surface area contributed by atoms with Crippen molar-refractivity contribution in [2.75, 3.05) is 23.6 Å². The Morgan fingerprint density at radius 3 is 2.65 bits per heavy atom. The van der Waals surface area contributed by atoms with Crippen molar-refractivity contribution in [2.24, 2.45) is 0 Å². The molecular weight excluding hydrogens is 508 g/mol. The summed E-state index contributed by atoms with van der Waals surface area (Å²) in [7, 11) is 0. The highest BCUT2D eigenvalue weighted by Crippen LogP contribution is 2.40. The first-order valence-corrected chi connectivity index (χ1v) is 12.9. The molecule has 0 radical (unpaired) electrons. The minimum Gasteiger partial charge on any atom is -0.484 e. The molecule has 2 heterocycles. The number of nitrogens with one attached hydrogen (secondary N) is 1. The molecule has 5 rings (SSSR count). The van der Waals surface area contributed by atoms with E-state index in [1.54, 1.807) is 36.4 Å². The van der Waals surface area contributed by atoms with E-state index in [2.05, 4.69) is 19.2 Å². The van der Waals surface area contributed by atoms with Crippen LogP contribution in [0.2, 0.25) is 0 Å². The van der Waals surface area contributed by atoms with Crippen molar-refractivity contribution in [3.05, 3.63) is 82.8 Å². The van der Waals surface area contributed by atoms with E-state index in [-0.39, 0.29) is 25.2 Å². The van der Waals surface area contributed by atoms with Gasteiger partial charge < -0.3 is 19.5 Å². The Morgan fingerprint density at radius 2 is 1.86 bits per heavy atom. The van der Waals surface area contributed by atoms with Crippen LogP contribution < -0.4 is 24.4 Å². The van der Waals surface area contributed by atoms with E-state index in [0.717, 1.165) is 16.8 Å². The number of amides is 2. The molecule has 0 aromatic heterocycles. The van der Waals surface area contributed by atoms with Crippen molar-refractivity contribution >= 4 is 57.6 Å². The van der Waals surface area contributed by atoms with Crippen LogP contribution >= 0.6 is 24.0 Å². The van der Waals surface area contributed by atoms with Crippen molar-refractivity contribution in [3.63, 3.8) is 0 Å². The molecule has 188 valence electrons. The minimum atomic E-state index is -0.232. The zero-order chi connectivity index (χ0) is 25.9. The number of thioether (sulfide) groups is 1. The third kappa shape index (κ3) is 5.47. The number of hydrogen-bond acceptors (Lipinski definition) is 7. The van der Waals surface area contributed by atoms with Gasteiger partial charge in [0.05, 0.1) is 10.6 Å². The largest absolute Gasteiger partial charge is 0.484 e. The van der Waals surface area contributed by atoms with Gasteiger partial charge >= 0.3 is 0 Å². The van der Waals surface area contributed by atoms with Crippen LogP contribution in [0.15, 0.2) is 71.6 Å². The van der Waals surface area contributed by atoms with Gasteiger partial charge in [-0.1, -0.05) is 68.2 Å². The lowest BCUT2D eigenvalue weighted by molar-refractivity contribution is -0.118. The molecule has 3 aromatic rings. The lowest BCUT2D eigenvalue weighted by Gasteiger charge is -2.14. The number of hydrogen-bond donors (Lipinski definition) is 1. The molecule has 2 aliphatic heterocycles. The number of thiocarbonyl (C=S) groups is 1. The number of para-hydroxylation sites is 1. The molecule has 1 fully saturated rings. The van der Waals surface area contributed by atoms with Crippen LogP contribution in [0.5, 0.6) is 17.2 Å². The zero-order valence-corrected chi connectivity index (χ0v) is 21.9. The van der Waals surface area contributed by atoms with Crippen LogP contribution in [0.4, 0.5) is 11.4 Å². The highest BCUT2D eigenvalue weighted by atomic mass is 32.2. The fourth-order valence-electron chi connectivity index (χ4n) is 3.98. The van der Waals surface area contributed by atoms with Crippen molar-refractivity contribution in [3.8, 4) is 17.2 Å². The molecule has 0 bridgehead atoms. The molecule has 2 amide bonds. The number of ether oxygens (including phenoxy) is 3. The third-order valence-corrected chi connectivity index (χ3v) is 7.11. The summed E-state index contributed by atoms with van der Waals surface area (Å²) in [6, 6.07) is 20.2. The molecule has 0 unspecified atom stereocenters. The predicted molar refractivity (Wildman–Crippen MR) is 149 cm³/mol. The second kappa shape index (κ2) is 10.7. The molecule has 0 atom stereocenters. The first-order valence-electron chi connectivity index (χ1n) is 11.7. The van der Waals surface area contributed by atoms with E-state index in [0.29, 0.717) is 38.1 Å². The van der Waals surface area contributed by atoms with E-state index >= 15 is 0 Å². The van der Waals surface area contributed by atoms with Gasteiger partial charge in [0.15, 0.2) is 22.4 Å². The number of fused-ring (bicyclic) bond motifs is 1. The van der Waals surface area contributed by atoms with Crippen LogP contribution in [-0.4, -0.2) is 29.5 Å². The summed E-state index contributed by atoms with van der Waals surface area (Å²) in [6.45, 7) is 4.21. The van der Waals surface area contributed by atoms with Gasteiger partial charge in [0, 0.05) is 11.8 Å². The number of carbonyl (C=O) groups is 2. The number of anilines is 2. The summed E-state index contributed by atoms with van der Waals surface area (Å²) in [5, 5.41) is 2.92. The standard InChI is InChI=1S/C28H24N2O5S2/c1-17(2)21-5-3-4-6-22(21)29-26(31)15-33-20-10-7-18(8-11-20)13-25-27(32)30(28(36)37-25)19-9-12-23-24(14-19)35-16-34-23/h3-14,17H,15-16H2,1-2H3,(H,29,31)/b25-13+. The second-order valence-electron chi connectivity index (χ2n) is 8.70. The maximum atomic E-state index is 13.1. The normalized spacial score (nSPS) is 15.5. The van der Waals surface area contributed by atoms with Crippen molar-refractivity contribution < 1.29 is 23.8 Å². The first-order chi connectivity index (χ1) is 17.9. The molecular formula is C28H24N2O5S2. The average molecular weight is 533 g/mol. The summed E-state index contributed by atoms with van der Waals surface area (Å²) in [6.07, 6.45) is 1.78. The van der Waals surface area contributed by atoms with E-state index in [1.165, 1.54) is 16.7 Å². The Hall–Kier alpha value is -3.82. The van der Waals surface area contributed by atoms with Gasteiger partial charge in [-0.2, -0.15) is 0 Å². The number of nitrogens with zero attached hydrogens (tertiary/aromatic N) is 1. The van der Waals surface area contributed by atoms with Gasteiger partial charge in [0.2, 0.25) is 6.79 Å². The Labute approximate surface area is 224 Å².